The van der Waals surface area contributed by atoms with Gasteiger partial charge in [0.25, 0.3) is 0 Å². The number of aryl methyl sites for hydroxylation is 1. The minimum Gasteiger partial charge on any atom is -0.434 e. The normalized spacial score (nSPS) is 10.9. The Kier molecular flexibility index (Phi) is 4.17. The average molecular weight is 382 g/mol. The molecule has 134 valence electrons. The molecule has 0 atom stereocenters. The predicted molar refractivity (Wildman–Crippen MR) is 99.6 cm³/mol. The van der Waals surface area contributed by atoms with Crippen LogP contribution in [0.5, 0.6) is 11.6 Å². The molecular formula is C18H12ClN5O3. The molecule has 0 spiro atoms. The minimum atomic E-state index is -0.567. The first-order valence-electron chi connectivity index (χ1n) is 7.90. The number of nitrogens with zero attached hydrogens (tertiary/aromatic N) is 5. The molecular weight excluding hydrogens is 370 g/mol. The van der Waals surface area contributed by atoms with Crippen molar-refractivity contribution in [2.24, 2.45) is 0 Å². The van der Waals surface area contributed by atoms with Gasteiger partial charge in [-0.05, 0) is 42.8 Å². The Labute approximate surface area is 158 Å². The van der Waals surface area contributed by atoms with Crippen LogP contribution >= 0.6 is 11.6 Å². The van der Waals surface area contributed by atoms with E-state index in [1.165, 1.54) is 17.2 Å². The molecule has 0 N–H and O–H groups in total. The summed E-state index contributed by atoms with van der Waals surface area (Å²) in [6.07, 6.45) is 2.70. The number of para-hydroxylation sites is 2. The van der Waals surface area contributed by atoms with Gasteiger partial charge in [-0.1, -0.05) is 23.7 Å². The quantitative estimate of drug-likeness (QED) is 0.382. The summed E-state index contributed by atoms with van der Waals surface area (Å²) in [4.78, 5) is 23.5. The van der Waals surface area contributed by atoms with E-state index in [4.69, 9.17) is 16.3 Å². The van der Waals surface area contributed by atoms with Gasteiger partial charge >= 0.3 is 11.6 Å². The highest BCUT2D eigenvalue weighted by atomic mass is 35.5. The molecule has 0 unspecified atom stereocenters. The van der Waals surface area contributed by atoms with Gasteiger partial charge in [-0.3, -0.25) is 14.7 Å². The third kappa shape index (κ3) is 3.06. The molecule has 27 heavy (non-hydrogen) atoms. The van der Waals surface area contributed by atoms with E-state index < -0.39 is 4.92 Å². The van der Waals surface area contributed by atoms with Gasteiger partial charge in [-0.2, -0.15) is 4.98 Å². The molecule has 0 saturated heterocycles. The van der Waals surface area contributed by atoms with E-state index in [-0.39, 0.29) is 17.4 Å². The van der Waals surface area contributed by atoms with Crippen LogP contribution in [0.3, 0.4) is 0 Å². The predicted octanol–water partition coefficient (Wildman–Crippen LogP) is 4.48. The second-order valence-electron chi connectivity index (χ2n) is 5.72. The molecule has 2 heterocycles. The maximum atomic E-state index is 11.8. The lowest BCUT2D eigenvalue weighted by atomic mass is 10.2. The van der Waals surface area contributed by atoms with E-state index in [0.717, 1.165) is 5.56 Å². The Morgan fingerprint density at radius 2 is 1.96 bits per heavy atom. The van der Waals surface area contributed by atoms with Crippen LogP contribution < -0.4 is 4.74 Å². The lowest BCUT2D eigenvalue weighted by Gasteiger charge is -2.09. The molecule has 2 aromatic carbocycles. The Morgan fingerprint density at radius 3 is 2.74 bits per heavy atom. The van der Waals surface area contributed by atoms with Crippen molar-refractivity contribution in [3.05, 3.63) is 75.8 Å². The highest BCUT2D eigenvalue weighted by molar-refractivity contribution is 6.31. The Bertz CT molecular complexity index is 1170. The molecule has 0 aliphatic carbocycles. The monoisotopic (exact) mass is 381 g/mol. The number of nitro groups is 1. The van der Waals surface area contributed by atoms with Gasteiger partial charge in [0.2, 0.25) is 5.82 Å². The van der Waals surface area contributed by atoms with Crippen LogP contribution in [0, 0.1) is 17.0 Å². The number of ether oxygens (including phenoxy) is 1. The number of fused-ring (bicyclic) bond motifs is 1. The van der Waals surface area contributed by atoms with Crippen LogP contribution in [-0.2, 0) is 0 Å². The van der Waals surface area contributed by atoms with Gasteiger partial charge in [0.15, 0.2) is 0 Å². The second kappa shape index (κ2) is 6.65. The fourth-order valence-electron chi connectivity index (χ4n) is 2.68. The average Bonchev–Trinajstić information content (AvgIpc) is 3.08. The lowest BCUT2D eigenvalue weighted by Crippen LogP contribution is -2.05. The summed E-state index contributed by atoms with van der Waals surface area (Å²) in [6.45, 7) is 1.81. The first kappa shape index (κ1) is 16.9. The highest BCUT2D eigenvalue weighted by Gasteiger charge is 2.27. The summed E-state index contributed by atoms with van der Waals surface area (Å²) in [7, 11) is 0. The minimum absolute atomic E-state index is 0.0735. The zero-order valence-electron chi connectivity index (χ0n) is 14.0. The molecule has 0 fully saturated rings. The van der Waals surface area contributed by atoms with Gasteiger partial charge in [0.05, 0.1) is 16.0 Å². The van der Waals surface area contributed by atoms with Crippen molar-refractivity contribution >= 4 is 28.3 Å². The number of halogens is 1. The molecule has 2 aromatic heterocycles. The highest BCUT2D eigenvalue weighted by Crippen LogP contribution is 2.35. The molecule has 9 heteroatoms. The number of imidazole rings is 1. The van der Waals surface area contributed by atoms with E-state index >= 15 is 0 Å². The molecule has 0 aliphatic rings. The fraction of sp³-hybridized carbons (Fsp3) is 0.0556. The van der Waals surface area contributed by atoms with Crippen LogP contribution in [0.4, 0.5) is 5.69 Å². The first-order valence-corrected chi connectivity index (χ1v) is 8.28. The van der Waals surface area contributed by atoms with Gasteiger partial charge in [-0.15, -0.1) is 0 Å². The van der Waals surface area contributed by atoms with Crippen LogP contribution in [0.2, 0.25) is 5.02 Å². The van der Waals surface area contributed by atoms with Crippen molar-refractivity contribution in [3.8, 4) is 17.4 Å². The van der Waals surface area contributed by atoms with Crippen molar-refractivity contribution in [1.29, 1.82) is 0 Å². The molecule has 0 radical (unpaired) electrons. The van der Waals surface area contributed by atoms with Gasteiger partial charge in [-0.25, -0.2) is 9.97 Å². The van der Waals surface area contributed by atoms with E-state index in [9.17, 15) is 10.1 Å². The summed E-state index contributed by atoms with van der Waals surface area (Å²) in [5, 5.41) is 12.4. The number of hydrogen-bond donors (Lipinski definition) is 0. The largest absolute Gasteiger partial charge is 0.434 e. The van der Waals surface area contributed by atoms with E-state index in [2.05, 4.69) is 15.0 Å². The molecule has 0 amide bonds. The number of benzene rings is 2. The van der Waals surface area contributed by atoms with Crippen LogP contribution in [0.25, 0.3) is 16.9 Å². The summed E-state index contributed by atoms with van der Waals surface area (Å²) in [6, 6.07) is 12.2. The standard InChI is InChI=1S/C18H12ClN5O3/c1-11-8-12(6-7-13(11)19)27-18-16(24(25)26)17(20-9-21-18)23-10-22-14-4-2-3-5-15(14)23/h2-10H,1H3. The summed E-state index contributed by atoms with van der Waals surface area (Å²) in [5.41, 5.74) is 1.81. The van der Waals surface area contributed by atoms with Crippen molar-refractivity contribution in [1.82, 2.24) is 19.5 Å². The second-order valence-corrected chi connectivity index (χ2v) is 6.13. The van der Waals surface area contributed by atoms with E-state index in [0.29, 0.717) is 21.8 Å². The van der Waals surface area contributed by atoms with Crippen LogP contribution in [-0.4, -0.2) is 24.4 Å². The third-order valence-electron chi connectivity index (χ3n) is 3.98. The molecule has 4 aromatic rings. The van der Waals surface area contributed by atoms with E-state index in [1.54, 1.807) is 24.3 Å². The zero-order valence-corrected chi connectivity index (χ0v) is 14.8. The molecule has 0 saturated carbocycles. The Hall–Kier alpha value is -3.52. The van der Waals surface area contributed by atoms with E-state index in [1.807, 2.05) is 25.1 Å². The van der Waals surface area contributed by atoms with Crippen molar-refractivity contribution < 1.29 is 9.66 Å². The van der Waals surface area contributed by atoms with Gasteiger partial charge < -0.3 is 4.74 Å². The Morgan fingerprint density at radius 1 is 1.15 bits per heavy atom. The van der Waals surface area contributed by atoms with Crippen molar-refractivity contribution in [3.63, 3.8) is 0 Å². The van der Waals surface area contributed by atoms with Crippen molar-refractivity contribution in [2.75, 3.05) is 0 Å². The van der Waals surface area contributed by atoms with Crippen LogP contribution in [0.1, 0.15) is 5.56 Å². The molecule has 0 bridgehead atoms. The SMILES string of the molecule is Cc1cc(Oc2ncnc(-n3cnc4ccccc43)c2[N+](=O)[O-])ccc1Cl. The number of aromatic nitrogens is 4. The lowest BCUT2D eigenvalue weighted by molar-refractivity contribution is -0.386. The summed E-state index contributed by atoms with van der Waals surface area (Å²) in [5.74, 6) is 0.300. The maximum Gasteiger partial charge on any atom is 0.374 e. The Balaban J connectivity index is 1.85. The van der Waals surface area contributed by atoms with Gasteiger partial charge in [0.1, 0.15) is 18.4 Å². The number of rotatable bonds is 4. The van der Waals surface area contributed by atoms with Crippen LogP contribution in [0.15, 0.2) is 55.1 Å². The fourth-order valence-corrected chi connectivity index (χ4v) is 2.80. The summed E-state index contributed by atoms with van der Waals surface area (Å²) >= 11 is 6.01. The topological polar surface area (TPSA) is 96.0 Å². The molecule has 0 aliphatic heterocycles. The smallest absolute Gasteiger partial charge is 0.374 e. The number of hydrogen-bond acceptors (Lipinski definition) is 6. The summed E-state index contributed by atoms with van der Waals surface area (Å²) < 4.78 is 7.21. The zero-order chi connectivity index (χ0) is 19.0. The first-order chi connectivity index (χ1) is 13.0. The molecule has 4 rings (SSSR count). The maximum absolute atomic E-state index is 11.8. The van der Waals surface area contributed by atoms with Gasteiger partial charge in [0, 0.05) is 5.02 Å². The third-order valence-corrected chi connectivity index (χ3v) is 4.40. The molecule has 8 nitrogen and oxygen atoms in total. The van der Waals surface area contributed by atoms with Crippen molar-refractivity contribution in [2.45, 2.75) is 6.92 Å².